The Hall–Kier alpha value is -1.47. The van der Waals surface area contributed by atoms with Crippen LogP contribution in [0.5, 0.6) is 0 Å². The van der Waals surface area contributed by atoms with Gasteiger partial charge in [-0.25, -0.2) is 9.98 Å². The van der Waals surface area contributed by atoms with E-state index in [2.05, 4.69) is 20.6 Å². The fourth-order valence-corrected chi connectivity index (χ4v) is 1.27. The van der Waals surface area contributed by atoms with Gasteiger partial charge in [0.2, 0.25) is 0 Å². The molecule has 1 amide bonds. The van der Waals surface area contributed by atoms with E-state index in [4.69, 9.17) is 10.5 Å². The first-order valence-corrected chi connectivity index (χ1v) is 3.69. The maximum absolute atomic E-state index is 11.5. The summed E-state index contributed by atoms with van der Waals surface area (Å²) in [5, 5.41) is 5.11. The van der Waals surface area contributed by atoms with Crippen LogP contribution in [-0.4, -0.2) is 37.2 Å². The first kappa shape index (κ1) is 8.14. The van der Waals surface area contributed by atoms with Crippen molar-refractivity contribution in [3.05, 3.63) is 0 Å². The van der Waals surface area contributed by atoms with E-state index in [9.17, 15) is 4.79 Å². The topological polar surface area (TPSA) is 101 Å². The predicted molar refractivity (Wildman–Crippen MR) is 44.9 cm³/mol. The summed E-state index contributed by atoms with van der Waals surface area (Å²) in [6.45, 7) is 0. The molecule has 2 unspecified atom stereocenters. The first-order valence-electron chi connectivity index (χ1n) is 3.69. The zero-order valence-electron chi connectivity index (χ0n) is 6.94. The number of hydrogen-bond donors (Lipinski definition) is 3. The summed E-state index contributed by atoms with van der Waals surface area (Å²) < 4.78 is 5.03. The number of aliphatic imine (C=N–C) groups is 2. The van der Waals surface area contributed by atoms with Crippen molar-refractivity contribution < 1.29 is 9.53 Å². The van der Waals surface area contributed by atoms with Gasteiger partial charge < -0.3 is 15.4 Å². The lowest BCUT2D eigenvalue weighted by Crippen LogP contribution is -2.65. The number of amides is 1. The first-order chi connectivity index (χ1) is 6.19. The van der Waals surface area contributed by atoms with Crippen LogP contribution in [0.3, 0.4) is 0 Å². The van der Waals surface area contributed by atoms with Gasteiger partial charge in [-0.15, -0.1) is 0 Å². The molecule has 0 aromatic heterocycles. The quantitative estimate of drug-likeness (QED) is 0.426. The second-order valence-electron chi connectivity index (χ2n) is 2.66. The van der Waals surface area contributed by atoms with Crippen LogP contribution >= 0.6 is 0 Å². The maximum atomic E-state index is 11.5. The molecule has 13 heavy (non-hydrogen) atoms. The molecule has 0 aliphatic carbocycles. The molecule has 0 saturated carbocycles. The van der Waals surface area contributed by atoms with Crippen molar-refractivity contribution in [1.29, 1.82) is 0 Å². The van der Waals surface area contributed by atoms with Crippen molar-refractivity contribution in [1.82, 2.24) is 10.6 Å². The lowest BCUT2D eigenvalue weighted by Gasteiger charge is -2.30. The molecule has 0 saturated heterocycles. The standard InChI is InChI=1S/C6H9N5O2/c1-13-6-3(8-2-9-6)10-5(7)11-4(6)12/h2,5H,7H2,1H3,(H,11,12)(H,8,9,10). The number of nitrogens with zero attached hydrogens (tertiary/aromatic N) is 2. The Balaban J connectivity index is 2.44. The number of hydrogen-bond acceptors (Lipinski definition) is 6. The number of carbonyl (C=O) groups excluding carboxylic acids is 1. The second kappa shape index (κ2) is 2.51. The van der Waals surface area contributed by atoms with Gasteiger partial charge in [-0.2, -0.15) is 0 Å². The Morgan fingerprint density at radius 2 is 2.54 bits per heavy atom. The molecule has 0 bridgehead atoms. The van der Waals surface area contributed by atoms with Crippen LogP contribution in [0.2, 0.25) is 0 Å². The van der Waals surface area contributed by atoms with E-state index in [-0.39, 0.29) is 11.7 Å². The fourth-order valence-electron chi connectivity index (χ4n) is 1.27. The molecule has 0 aromatic rings. The van der Waals surface area contributed by atoms with Crippen molar-refractivity contribution in [2.24, 2.45) is 15.7 Å². The van der Waals surface area contributed by atoms with Gasteiger partial charge >= 0.3 is 0 Å². The molecule has 0 radical (unpaired) electrons. The van der Waals surface area contributed by atoms with E-state index in [0.717, 1.165) is 0 Å². The van der Waals surface area contributed by atoms with Crippen LogP contribution in [0.4, 0.5) is 0 Å². The van der Waals surface area contributed by atoms with Crippen molar-refractivity contribution in [2.45, 2.75) is 12.0 Å². The lowest BCUT2D eigenvalue weighted by molar-refractivity contribution is -0.138. The summed E-state index contributed by atoms with van der Waals surface area (Å²) in [6, 6.07) is 0. The molecule has 4 N–H and O–H groups in total. The number of carbonyl (C=O) groups is 1. The third-order valence-electron chi connectivity index (χ3n) is 1.94. The van der Waals surface area contributed by atoms with Crippen LogP contribution in [0.15, 0.2) is 9.98 Å². The molecule has 7 heteroatoms. The van der Waals surface area contributed by atoms with Gasteiger partial charge in [0.25, 0.3) is 11.6 Å². The van der Waals surface area contributed by atoms with Gasteiger partial charge in [0, 0.05) is 7.11 Å². The maximum Gasteiger partial charge on any atom is 0.284 e. The highest BCUT2D eigenvalue weighted by molar-refractivity contribution is 6.18. The molecule has 0 spiro atoms. The van der Waals surface area contributed by atoms with E-state index in [0.29, 0.717) is 0 Å². The number of ether oxygens (including phenoxy) is 1. The van der Waals surface area contributed by atoms with Gasteiger partial charge in [0.05, 0.1) is 6.34 Å². The molecular weight excluding hydrogens is 174 g/mol. The fraction of sp³-hybridized carbons (Fsp3) is 0.500. The number of nitrogens with two attached hydrogens (primary N) is 1. The van der Waals surface area contributed by atoms with E-state index in [1.165, 1.54) is 13.4 Å². The number of amidine groups is 1. The normalized spacial score (nSPS) is 36.3. The molecule has 0 aromatic carbocycles. The van der Waals surface area contributed by atoms with Crippen molar-refractivity contribution in [3.8, 4) is 0 Å². The van der Waals surface area contributed by atoms with Crippen LogP contribution in [0, 0.1) is 0 Å². The summed E-state index contributed by atoms with van der Waals surface area (Å²) in [5.41, 5.74) is 4.14. The van der Waals surface area contributed by atoms with Crippen LogP contribution in [-0.2, 0) is 9.53 Å². The van der Waals surface area contributed by atoms with Gasteiger partial charge in [-0.3, -0.25) is 10.5 Å². The minimum atomic E-state index is -1.28. The van der Waals surface area contributed by atoms with Gasteiger partial charge in [-0.05, 0) is 0 Å². The van der Waals surface area contributed by atoms with E-state index in [1.807, 2.05) is 0 Å². The van der Waals surface area contributed by atoms with Crippen molar-refractivity contribution in [3.63, 3.8) is 0 Å². The highest BCUT2D eigenvalue weighted by atomic mass is 16.5. The van der Waals surface area contributed by atoms with Gasteiger partial charge in [0.15, 0.2) is 12.1 Å². The van der Waals surface area contributed by atoms with Crippen LogP contribution in [0.1, 0.15) is 0 Å². The Morgan fingerprint density at radius 3 is 3.23 bits per heavy atom. The third-order valence-corrected chi connectivity index (χ3v) is 1.94. The molecule has 2 rings (SSSR count). The number of fused-ring (bicyclic) bond motifs is 1. The smallest absolute Gasteiger partial charge is 0.284 e. The average Bonchev–Trinajstić information content (AvgIpc) is 2.48. The summed E-state index contributed by atoms with van der Waals surface area (Å²) >= 11 is 0. The molecule has 70 valence electrons. The second-order valence-corrected chi connectivity index (χ2v) is 2.66. The molecular formula is C6H9N5O2. The van der Waals surface area contributed by atoms with Crippen molar-refractivity contribution in [2.75, 3.05) is 7.11 Å². The van der Waals surface area contributed by atoms with Gasteiger partial charge in [0.1, 0.15) is 0 Å². The van der Waals surface area contributed by atoms with Crippen molar-refractivity contribution >= 4 is 18.1 Å². The highest BCUT2D eigenvalue weighted by Gasteiger charge is 2.49. The van der Waals surface area contributed by atoms with Crippen LogP contribution in [0.25, 0.3) is 0 Å². The Kier molecular flexibility index (Phi) is 1.57. The largest absolute Gasteiger partial charge is 0.345 e. The summed E-state index contributed by atoms with van der Waals surface area (Å²) in [7, 11) is 1.40. The van der Waals surface area contributed by atoms with E-state index in [1.54, 1.807) is 0 Å². The minimum Gasteiger partial charge on any atom is -0.345 e. The summed E-state index contributed by atoms with van der Waals surface area (Å²) in [6.07, 6.45) is 0.614. The molecule has 2 aliphatic heterocycles. The average molecular weight is 183 g/mol. The zero-order chi connectivity index (χ0) is 9.47. The monoisotopic (exact) mass is 183 g/mol. The summed E-state index contributed by atoms with van der Waals surface area (Å²) in [5.74, 6) is -0.128. The number of rotatable bonds is 1. The van der Waals surface area contributed by atoms with E-state index < -0.39 is 12.0 Å². The third kappa shape index (κ3) is 0.941. The lowest BCUT2D eigenvalue weighted by atomic mass is 10.1. The Morgan fingerprint density at radius 1 is 1.77 bits per heavy atom. The summed E-state index contributed by atoms with van der Waals surface area (Å²) in [4.78, 5) is 19.3. The van der Waals surface area contributed by atoms with Crippen LogP contribution < -0.4 is 16.4 Å². The molecule has 0 fully saturated rings. The SMILES string of the molecule is COC12NC=NC1=NC(N)NC2=O. The van der Waals surface area contributed by atoms with Gasteiger partial charge in [-0.1, -0.05) is 0 Å². The molecule has 2 atom stereocenters. The van der Waals surface area contributed by atoms with E-state index >= 15 is 0 Å². The molecule has 2 aliphatic rings. The molecule has 2 heterocycles. The Bertz CT molecular complexity index is 312. The Labute approximate surface area is 74.1 Å². The number of nitrogens with one attached hydrogen (secondary N) is 2. The predicted octanol–water partition coefficient (Wildman–Crippen LogP) is -2.27. The zero-order valence-corrected chi connectivity index (χ0v) is 6.94. The highest BCUT2D eigenvalue weighted by Crippen LogP contribution is 2.17. The molecule has 7 nitrogen and oxygen atoms in total. The minimum absolute atomic E-state index is 0.256. The number of methoxy groups -OCH3 is 1.